The van der Waals surface area contributed by atoms with Gasteiger partial charge < -0.3 is 18.9 Å². The van der Waals surface area contributed by atoms with E-state index in [9.17, 15) is 19.0 Å². The summed E-state index contributed by atoms with van der Waals surface area (Å²) in [5.41, 5.74) is 0. The van der Waals surface area contributed by atoms with Gasteiger partial charge in [0.15, 0.2) is 6.10 Å². The van der Waals surface area contributed by atoms with Crippen LogP contribution in [0.2, 0.25) is 0 Å². The smallest absolute Gasteiger partial charge is 0.462 e. The van der Waals surface area contributed by atoms with Crippen molar-refractivity contribution in [3.8, 4) is 0 Å². The summed E-state index contributed by atoms with van der Waals surface area (Å²) in [6.07, 6.45) is 64.7. The third-order valence-corrected chi connectivity index (χ3v) is 13.9. The fraction of sp³-hybridized carbons (Fsp3) is 0.833. The first-order valence-corrected chi connectivity index (χ1v) is 30.9. The number of ether oxygens (including phenoxy) is 2. The average Bonchev–Trinajstić information content (AvgIpc) is 3.32. The number of unbranched alkanes of at least 4 members (excludes halogenated alkanes) is 32. The van der Waals surface area contributed by atoms with Gasteiger partial charge >= 0.3 is 19.8 Å². The summed E-state index contributed by atoms with van der Waals surface area (Å²) in [4.78, 5) is 35.7. The van der Waals surface area contributed by atoms with Gasteiger partial charge in [0, 0.05) is 12.8 Å². The fourth-order valence-electron chi connectivity index (χ4n) is 8.36. The summed E-state index contributed by atoms with van der Waals surface area (Å²) in [5, 5.41) is 0. The number of phosphoric ester groups is 1. The number of quaternary nitrogens is 1. The van der Waals surface area contributed by atoms with Gasteiger partial charge in [0.1, 0.15) is 19.8 Å². The standard InChI is InChI=1S/C60H112NO8P/c1-6-8-10-12-14-16-18-20-22-24-26-27-28-29-30-31-32-33-35-36-38-40-42-44-46-48-50-52-59(62)66-56-58(57-68-70(64,65)67-55-54-61(3,4)5)69-60(63)53-51-49-47-45-43-41-39-37-34-25-23-21-19-17-15-13-11-9-7-2/h9,11,15,17,21,23,34,37,58H,6-8,10,12-14,16,18-20,22,24-33,35-36,38-57H2,1-5H3/p+1/b11-9-,17-15-,23-21-,37-34-. The predicted molar refractivity (Wildman–Crippen MR) is 298 cm³/mol. The summed E-state index contributed by atoms with van der Waals surface area (Å²) in [5.74, 6) is -0.803. The SMILES string of the molecule is CC/C=C\C/C=C\C/C=C\C/C=C\CCCCCCCCC(=O)OC(COC(=O)CCCCCCCCCCCCCCCCCCCCCCCCCCCCC)COP(=O)(O)OCC[N+](C)(C)C. The van der Waals surface area contributed by atoms with Crippen molar-refractivity contribution >= 4 is 19.8 Å². The number of rotatable bonds is 54. The van der Waals surface area contributed by atoms with Gasteiger partial charge in [-0.1, -0.05) is 255 Å². The third-order valence-electron chi connectivity index (χ3n) is 12.9. The van der Waals surface area contributed by atoms with Gasteiger partial charge in [-0.15, -0.1) is 0 Å². The van der Waals surface area contributed by atoms with Crippen molar-refractivity contribution in [2.24, 2.45) is 0 Å². The Balaban J connectivity index is 4.11. The van der Waals surface area contributed by atoms with Crippen LogP contribution >= 0.6 is 7.82 Å². The number of carbonyl (C=O) groups is 2. The van der Waals surface area contributed by atoms with Crippen molar-refractivity contribution in [2.75, 3.05) is 47.5 Å². The van der Waals surface area contributed by atoms with E-state index in [4.69, 9.17) is 18.5 Å². The molecule has 0 aliphatic carbocycles. The quantitative estimate of drug-likeness (QED) is 0.0211. The lowest BCUT2D eigenvalue weighted by Crippen LogP contribution is -2.37. The molecule has 0 spiro atoms. The highest BCUT2D eigenvalue weighted by atomic mass is 31.2. The first-order valence-electron chi connectivity index (χ1n) is 29.4. The van der Waals surface area contributed by atoms with Gasteiger partial charge in [-0.25, -0.2) is 4.57 Å². The van der Waals surface area contributed by atoms with Crippen LogP contribution < -0.4 is 0 Å². The Bertz CT molecular complexity index is 1320. The summed E-state index contributed by atoms with van der Waals surface area (Å²) in [6.45, 7) is 4.34. The van der Waals surface area contributed by atoms with E-state index in [0.29, 0.717) is 17.4 Å². The van der Waals surface area contributed by atoms with Crippen LogP contribution in [0.25, 0.3) is 0 Å². The zero-order chi connectivity index (χ0) is 51.3. The number of hydrogen-bond donors (Lipinski definition) is 1. The fourth-order valence-corrected chi connectivity index (χ4v) is 9.10. The third kappa shape index (κ3) is 55.3. The number of likely N-dealkylation sites (N-methyl/N-ethyl adjacent to an activating group) is 1. The molecule has 1 N–H and O–H groups in total. The Morgan fingerprint density at radius 3 is 1.21 bits per heavy atom. The minimum Gasteiger partial charge on any atom is -0.462 e. The topological polar surface area (TPSA) is 108 Å². The van der Waals surface area contributed by atoms with Crippen molar-refractivity contribution in [3.05, 3.63) is 48.6 Å². The maximum Gasteiger partial charge on any atom is 0.472 e. The van der Waals surface area contributed by atoms with Gasteiger partial charge in [0.05, 0.1) is 27.7 Å². The Labute approximate surface area is 433 Å². The van der Waals surface area contributed by atoms with Gasteiger partial charge in [0.2, 0.25) is 0 Å². The molecule has 9 nitrogen and oxygen atoms in total. The molecular weight excluding hydrogens is 894 g/mol. The number of phosphoric acid groups is 1. The first-order chi connectivity index (χ1) is 34.0. The average molecular weight is 1010 g/mol. The number of allylic oxidation sites excluding steroid dienone is 8. The molecule has 0 aromatic heterocycles. The van der Waals surface area contributed by atoms with Crippen LogP contribution in [0, 0.1) is 0 Å². The lowest BCUT2D eigenvalue weighted by Gasteiger charge is -2.24. The van der Waals surface area contributed by atoms with Crippen LogP contribution in [-0.2, 0) is 32.7 Å². The molecule has 0 heterocycles. The van der Waals surface area contributed by atoms with E-state index in [-0.39, 0.29) is 32.0 Å². The molecule has 0 saturated heterocycles. The van der Waals surface area contributed by atoms with Crippen LogP contribution in [-0.4, -0.2) is 74.9 Å². The van der Waals surface area contributed by atoms with Crippen LogP contribution in [0.4, 0.5) is 0 Å². The highest BCUT2D eigenvalue weighted by Crippen LogP contribution is 2.43. The summed E-state index contributed by atoms with van der Waals surface area (Å²) < 4.78 is 34.6. The molecular formula is C60H113NO8P+. The Hall–Kier alpha value is -2.03. The van der Waals surface area contributed by atoms with Gasteiger partial charge in [-0.3, -0.25) is 18.6 Å². The second kappa shape index (κ2) is 51.9. The minimum atomic E-state index is -4.39. The van der Waals surface area contributed by atoms with Crippen LogP contribution in [0.3, 0.4) is 0 Å². The molecule has 2 atom stereocenters. The van der Waals surface area contributed by atoms with E-state index in [2.05, 4.69) is 62.5 Å². The molecule has 70 heavy (non-hydrogen) atoms. The van der Waals surface area contributed by atoms with Gasteiger partial charge in [-0.05, 0) is 51.4 Å². The van der Waals surface area contributed by atoms with E-state index < -0.39 is 26.5 Å². The number of esters is 2. The molecule has 0 aliphatic rings. The van der Waals surface area contributed by atoms with Crippen molar-refractivity contribution in [3.63, 3.8) is 0 Å². The van der Waals surface area contributed by atoms with E-state index in [1.807, 2.05) is 21.1 Å². The molecule has 0 saturated carbocycles. The van der Waals surface area contributed by atoms with Crippen LogP contribution in [0.15, 0.2) is 48.6 Å². The zero-order valence-electron chi connectivity index (χ0n) is 46.5. The lowest BCUT2D eigenvalue weighted by molar-refractivity contribution is -0.870. The molecule has 0 bridgehead atoms. The zero-order valence-corrected chi connectivity index (χ0v) is 47.4. The van der Waals surface area contributed by atoms with Crippen LogP contribution in [0.5, 0.6) is 0 Å². The van der Waals surface area contributed by atoms with E-state index in [1.54, 1.807) is 0 Å². The first kappa shape index (κ1) is 68.0. The monoisotopic (exact) mass is 1010 g/mol. The van der Waals surface area contributed by atoms with E-state index in [0.717, 1.165) is 83.5 Å². The van der Waals surface area contributed by atoms with E-state index in [1.165, 1.54) is 154 Å². The summed E-state index contributed by atoms with van der Waals surface area (Å²) >= 11 is 0. The molecule has 0 fully saturated rings. The normalized spacial score (nSPS) is 13.6. The Morgan fingerprint density at radius 2 is 0.814 bits per heavy atom. The van der Waals surface area contributed by atoms with Gasteiger partial charge in [0.25, 0.3) is 0 Å². The molecule has 0 aliphatic heterocycles. The van der Waals surface area contributed by atoms with Crippen molar-refractivity contribution in [1.29, 1.82) is 0 Å². The second-order valence-corrected chi connectivity index (χ2v) is 22.5. The van der Waals surface area contributed by atoms with E-state index >= 15 is 0 Å². The number of hydrogen-bond acceptors (Lipinski definition) is 7. The van der Waals surface area contributed by atoms with Crippen molar-refractivity contribution in [2.45, 2.75) is 277 Å². The molecule has 0 radical (unpaired) electrons. The molecule has 0 amide bonds. The molecule has 10 heteroatoms. The minimum absolute atomic E-state index is 0.0286. The Morgan fingerprint density at radius 1 is 0.457 bits per heavy atom. The highest BCUT2D eigenvalue weighted by Gasteiger charge is 2.27. The van der Waals surface area contributed by atoms with Crippen molar-refractivity contribution in [1.82, 2.24) is 0 Å². The number of carbonyl (C=O) groups excluding carboxylic acids is 2. The predicted octanol–water partition coefficient (Wildman–Crippen LogP) is 18.1. The second-order valence-electron chi connectivity index (χ2n) is 21.0. The largest absolute Gasteiger partial charge is 0.472 e. The van der Waals surface area contributed by atoms with Crippen molar-refractivity contribution < 1.29 is 42.1 Å². The molecule has 0 aromatic carbocycles. The summed E-state index contributed by atoms with van der Waals surface area (Å²) in [6, 6.07) is 0. The molecule has 410 valence electrons. The van der Waals surface area contributed by atoms with Crippen LogP contribution in [0.1, 0.15) is 271 Å². The number of nitrogens with zero attached hydrogens (tertiary/aromatic N) is 1. The maximum absolute atomic E-state index is 12.8. The molecule has 2 unspecified atom stereocenters. The van der Waals surface area contributed by atoms with Gasteiger partial charge in [-0.2, -0.15) is 0 Å². The highest BCUT2D eigenvalue weighted by molar-refractivity contribution is 7.47. The molecule has 0 rings (SSSR count). The lowest BCUT2D eigenvalue weighted by atomic mass is 10.0. The molecule has 0 aromatic rings. The Kier molecular flexibility index (Phi) is 50.4. The summed E-state index contributed by atoms with van der Waals surface area (Å²) in [7, 11) is 1.47. The maximum atomic E-state index is 12.8.